The third-order valence-corrected chi connectivity index (χ3v) is 3.25. The topological polar surface area (TPSA) is 27.7 Å². The Morgan fingerprint density at radius 1 is 0.812 bits per heavy atom. The molecule has 0 saturated carbocycles. The van der Waals surface area contributed by atoms with E-state index < -0.39 is 0 Å². The van der Waals surface area contributed by atoms with Gasteiger partial charge in [-0.25, -0.2) is 0 Å². The third-order valence-electron chi connectivity index (χ3n) is 3.25. The highest BCUT2D eigenvalue weighted by Crippen LogP contribution is 2.25. The minimum atomic E-state index is 0.224. The molecule has 2 rings (SSSR count). The Hall–Kier alpha value is -0.120. The van der Waals surface area contributed by atoms with Gasteiger partial charge in [0.1, 0.15) is 6.10 Å². The highest BCUT2D eigenvalue weighted by atomic mass is 16.5. The van der Waals surface area contributed by atoms with Crippen molar-refractivity contribution in [2.24, 2.45) is 0 Å². The van der Waals surface area contributed by atoms with Crippen LogP contribution in [-0.4, -0.2) is 32.5 Å². The molecule has 0 amide bonds. The predicted molar refractivity (Wildman–Crippen MR) is 62.1 cm³/mol. The standard InChI is InChI=1S/C13H23O3/c1-2-4-9-15-12(6-3-1)13-7-11-14-8-5-10-16-13/h12H,1-11H2. The Morgan fingerprint density at radius 3 is 2.75 bits per heavy atom. The van der Waals surface area contributed by atoms with Gasteiger partial charge in [0.15, 0.2) is 0 Å². The highest BCUT2D eigenvalue weighted by molar-refractivity contribution is 4.90. The normalized spacial score (nSPS) is 31.1. The van der Waals surface area contributed by atoms with Gasteiger partial charge < -0.3 is 14.2 Å². The molecule has 0 bridgehead atoms. The van der Waals surface area contributed by atoms with E-state index in [0.29, 0.717) is 0 Å². The van der Waals surface area contributed by atoms with Crippen LogP contribution in [0.2, 0.25) is 0 Å². The van der Waals surface area contributed by atoms with Crippen molar-refractivity contribution in [2.45, 2.75) is 51.0 Å². The van der Waals surface area contributed by atoms with E-state index in [4.69, 9.17) is 14.2 Å². The molecule has 3 nitrogen and oxygen atoms in total. The summed E-state index contributed by atoms with van der Waals surface area (Å²) in [7, 11) is 0. The third kappa shape index (κ3) is 4.04. The van der Waals surface area contributed by atoms with Crippen molar-refractivity contribution in [3.63, 3.8) is 0 Å². The Bertz CT molecular complexity index is 148. The predicted octanol–water partition coefficient (Wildman–Crippen LogP) is 2.69. The van der Waals surface area contributed by atoms with E-state index in [9.17, 15) is 0 Å². The van der Waals surface area contributed by atoms with Crippen molar-refractivity contribution in [2.75, 3.05) is 26.4 Å². The fraction of sp³-hybridized carbons (Fsp3) is 0.923. The lowest BCUT2D eigenvalue weighted by molar-refractivity contribution is -0.0473. The maximum atomic E-state index is 5.90. The quantitative estimate of drug-likeness (QED) is 0.689. The van der Waals surface area contributed by atoms with Gasteiger partial charge in [-0.2, -0.15) is 0 Å². The Balaban J connectivity index is 1.81. The smallest absolute Gasteiger partial charge is 0.128 e. The molecule has 0 N–H and O–H groups in total. The summed E-state index contributed by atoms with van der Waals surface area (Å²) in [6.07, 6.45) is 9.48. The first-order valence-electron chi connectivity index (χ1n) is 6.65. The molecule has 0 aromatic rings. The molecule has 2 saturated heterocycles. The zero-order valence-electron chi connectivity index (χ0n) is 10.1. The second kappa shape index (κ2) is 7.25. The van der Waals surface area contributed by atoms with Gasteiger partial charge >= 0.3 is 0 Å². The largest absolute Gasteiger partial charge is 0.381 e. The van der Waals surface area contributed by atoms with E-state index in [-0.39, 0.29) is 6.10 Å². The van der Waals surface area contributed by atoms with E-state index in [1.165, 1.54) is 25.7 Å². The molecular formula is C13H23O3. The highest BCUT2D eigenvalue weighted by Gasteiger charge is 2.25. The summed E-state index contributed by atoms with van der Waals surface area (Å²) in [6.45, 7) is 3.29. The van der Waals surface area contributed by atoms with Crippen molar-refractivity contribution in [3.8, 4) is 0 Å². The summed E-state index contributed by atoms with van der Waals surface area (Å²) >= 11 is 0. The first-order chi connectivity index (χ1) is 7.97. The number of rotatable bonds is 1. The average molecular weight is 227 g/mol. The van der Waals surface area contributed by atoms with E-state index in [0.717, 1.165) is 51.8 Å². The van der Waals surface area contributed by atoms with E-state index in [1.807, 2.05) is 0 Å². The van der Waals surface area contributed by atoms with Crippen molar-refractivity contribution in [1.82, 2.24) is 0 Å². The molecule has 0 spiro atoms. The van der Waals surface area contributed by atoms with E-state index in [1.54, 1.807) is 0 Å². The monoisotopic (exact) mass is 227 g/mol. The van der Waals surface area contributed by atoms with Gasteiger partial charge in [-0.05, 0) is 19.3 Å². The molecule has 2 fully saturated rings. The molecule has 2 aliphatic heterocycles. The molecule has 1 unspecified atom stereocenters. The zero-order chi connectivity index (χ0) is 11.1. The van der Waals surface area contributed by atoms with Crippen molar-refractivity contribution < 1.29 is 14.2 Å². The van der Waals surface area contributed by atoms with Crippen molar-refractivity contribution in [1.29, 1.82) is 0 Å². The van der Waals surface area contributed by atoms with Crippen LogP contribution in [0.5, 0.6) is 0 Å². The molecule has 3 heteroatoms. The maximum absolute atomic E-state index is 5.90. The SMILES string of the molecule is C1CCCC([C]2CCOCCCO2)OCC1. The van der Waals surface area contributed by atoms with Crippen LogP contribution in [0.3, 0.4) is 0 Å². The molecule has 0 aromatic carbocycles. The summed E-state index contributed by atoms with van der Waals surface area (Å²) in [5.74, 6) is 0. The molecule has 0 aliphatic carbocycles. The molecule has 1 atom stereocenters. The van der Waals surface area contributed by atoms with Crippen molar-refractivity contribution in [3.05, 3.63) is 6.10 Å². The Kier molecular flexibility index (Phi) is 5.59. The van der Waals surface area contributed by atoms with Crippen LogP contribution in [0.15, 0.2) is 0 Å². The minimum Gasteiger partial charge on any atom is -0.381 e. The number of hydrogen-bond acceptors (Lipinski definition) is 3. The van der Waals surface area contributed by atoms with Gasteiger partial charge in [-0.3, -0.25) is 0 Å². The van der Waals surface area contributed by atoms with Gasteiger partial charge in [-0.15, -0.1) is 0 Å². The van der Waals surface area contributed by atoms with Crippen LogP contribution in [0.25, 0.3) is 0 Å². The molecular weight excluding hydrogens is 204 g/mol. The summed E-state index contributed by atoms with van der Waals surface area (Å²) < 4.78 is 17.2. The minimum absolute atomic E-state index is 0.224. The molecule has 16 heavy (non-hydrogen) atoms. The maximum Gasteiger partial charge on any atom is 0.128 e. The fourth-order valence-corrected chi connectivity index (χ4v) is 2.31. The van der Waals surface area contributed by atoms with Crippen molar-refractivity contribution >= 4 is 0 Å². The molecule has 1 radical (unpaired) electrons. The summed E-state index contributed by atoms with van der Waals surface area (Å²) in [5.41, 5.74) is 0. The Labute approximate surface area is 98.4 Å². The first-order valence-corrected chi connectivity index (χ1v) is 6.65. The van der Waals surface area contributed by atoms with Gasteiger partial charge in [-0.1, -0.05) is 19.3 Å². The second-order valence-corrected chi connectivity index (χ2v) is 4.59. The lowest BCUT2D eigenvalue weighted by Gasteiger charge is -2.29. The average Bonchev–Trinajstić information content (AvgIpc) is 2.18. The van der Waals surface area contributed by atoms with Gasteiger partial charge in [0.25, 0.3) is 0 Å². The first kappa shape index (κ1) is 12.3. The lowest BCUT2D eigenvalue weighted by Crippen LogP contribution is -2.29. The van der Waals surface area contributed by atoms with E-state index >= 15 is 0 Å². The summed E-state index contributed by atoms with van der Waals surface area (Å²) in [6, 6.07) is 0. The molecule has 0 aromatic heterocycles. The Morgan fingerprint density at radius 2 is 1.75 bits per heavy atom. The van der Waals surface area contributed by atoms with Crippen LogP contribution < -0.4 is 0 Å². The molecule has 93 valence electrons. The van der Waals surface area contributed by atoms with E-state index in [2.05, 4.69) is 0 Å². The number of hydrogen-bond donors (Lipinski definition) is 0. The van der Waals surface area contributed by atoms with Crippen LogP contribution in [0, 0.1) is 6.10 Å². The lowest BCUT2D eigenvalue weighted by atomic mass is 10.0. The van der Waals surface area contributed by atoms with Gasteiger partial charge in [0.2, 0.25) is 0 Å². The van der Waals surface area contributed by atoms with Crippen LogP contribution in [0.4, 0.5) is 0 Å². The summed E-state index contributed by atoms with van der Waals surface area (Å²) in [4.78, 5) is 0. The van der Waals surface area contributed by atoms with Crippen LogP contribution >= 0.6 is 0 Å². The molecule has 2 aliphatic rings. The number of ether oxygens (including phenoxy) is 3. The van der Waals surface area contributed by atoms with Gasteiger partial charge in [0, 0.05) is 32.8 Å². The fourth-order valence-electron chi connectivity index (χ4n) is 2.31. The van der Waals surface area contributed by atoms with Crippen LogP contribution in [0.1, 0.15) is 44.9 Å². The zero-order valence-corrected chi connectivity index (χ0v) is 10.1. The van der Waals surface area contributed by atoms with Gasteiger partial charge in [0.05, 0.1) is 6.10 Å². The summed E-state index contributed by atoms with van der Waals surface area (Å²) in [5, 5.41) is 0. The second-order valence-electron chi connectivity index (χ2n) is 4.59. The van der Waals surface area contributed by atoms with Crippen LogP contribution in [-0.2, 0) is 14.2 Å². The molecule has 2 heterocycles.